The summed E-state index contributed by atoms with van der Waals surface area (Å²) < 4.78 is 2.23. The molecule has 2 aromatic rings. The van der Waals surface area contributed by atoms with Crippen LogP contribution in [0, 0.1) is 0 Å². The first-order valence-electron chi connectivity index (χ1n) is 4.12. The average molecular weight is 229 g/mol. The Morgan fingerprint density at radius 2 is 2.23 bits per heavy atom. The van der Waals surface area contributed by atoms with Crippen LogP contribution in [0.3, 0.4) is 0 Å². The Bertz CT molecular complexity index is 445. The van der Waals surface area contributed by atoms with Crippen LogP contribution >= 0.6 is 35.6 Å². The molecule has 0 saturated heterocycles. The Labute approximate surface area is 91.9 Å². The van der Waals surface area contributed by atoms with Gasteiger partial charge in [-0.3, -0.25) is 0 Å². The second-order valence-corrected chi connectivity index (χ2v) is 5.13. The first-order valence-corrected chi connectivity index (χ1v) is 5.76. The SMILES string of the molecule is CCc1ccc2sc(S)cc2c1Cl. The van der Waals surface area contributed by atoms with Crippen LogP contribution < -0.4 is 0 Å². The van der Waals surface area contributed by atoms with Crippen LogP contribution in [0.4, 0.5) is 0 Å². The zero-order chi connectivity index (χ0) is 9.42. The Morgan fingerprint density at radius 3 is 2.92 bits per heavy atom. The van der Waals surface area contributed by atoms with Gasteiger partial charge in [-0.2, -0.15) is 0 Å². The van der Waals surface area contributed by atoms with Crippen molar-refractivity contribution < 1.29 is 0 Å². The molecule has 0 aliphatic carbocycles. The molecule has 0 spiro atoms. The minimum absolute atomic E-state index is 0.886. The van der Waals surface area contributed by atoms with Gasteiger partial charge in [-0.1, -0.05) is 24.6 Å². The Morgan fingerprint density at radius 1 is 1.46 bits per heavy atom. The van der Waals surface area contributed by atoms with Crippen LogP contribution in [0.2, 0.25) is 5.02 Å². The van der Waals surface area contributed by atoms with Crippen molar-refractivity contribution in [1.29, 1.82) is 0 Å². The van der Waals surface area contributed by atoms with Crippen molar-refractivity contribution in [2.45, 2.75) is 17.6 Å². The molecule has 0 bridgehead atoms. The second kappa shape index (κ2) is 3.52. The molecule has 1 aromatic carbocycles. The van der Waals surface area contributed by atoms with E-state index in [1.807, 2.05) is 6.07 Å². The van der Waals surface area contributed by atoms with Gasteiger partial charge in [-0.25, -0.2) is 0 Å². The predicted octanol–water partition coefficient (Wildman–Crippen LogP) is 4.41. The van der Waals surface area contributed by atoms with E-state index in [0.717, 1.165) is 21.0 Å². The number of rotatable bonds is 1. The third-order valence-corrected chi connectivity index (χ3v) is 3.84. The van der Waals surface area contributed by atoms with Gasteiger partial charge in [-0.15, -0.1) is 24.0 Å². The molecular formula is C10H9ClS2. The van der Waals surface area contributed by atoms with Crippen LogP contribution in [0.15, 0.2) is 22.4 Å². The molecule has 0 amide bonds. The summed E-state index contributed by atoms with van der Waals surface area (Å²) in [5, 5.41) is 2.02. The molecule has 0 saturated carbocycles. The third kappa shape index (κ3) is 1.58. The van der Waals surface area contributed by atoms with Gasteiger partial charge >= 0.3 is 0 Å². The third-order valence-electron chi connectivity index (χ3n) is 2.08. The summed E-state index contributed by atoms with van der Waals surface area (Å²) >= 11 is 12.2. The molecule has 3 heteroatoms. The maximum Gasteiger partial charge on any atom is 0.0581 e. The lowest BCUT2D eigenvalue weighted by Gasteiger charge is -2.00. The standard InChI is InChI=1S/C10H9ClS2/c1-2-6-3-4-8-7(10(6)11)5-9(12)13-8/h3-5,12H,2H2,1H3. The van der Waals surface area contributed by atoms with E-state index in [-0.39, 0.29) is 0 Å². The van der Waals surface area contributed by atoms with Crippen molar-refractivity contribution in [2.24, 2.45) is 0 Å². The van der Waals surface area contributed by atoms with Crippen LogP contribution in [0.25, 0.3) is 10.1 Å². The molecule has 0 nitrogen and oxygen atoms in total. The van der Waals surface area contributed by atoms with Gasteiger partial charge in [0.25, 0.3) is 0 Å². The van der Waals surface area contributed by atoms with Gasteiger partial charge in [0.2, 0.25) is 0 Å². The number of hydrogen-bond acceptors (Lipinski definition) is 2. The summed E-state index contributed by atoms with van der Waals surface area (Å²) in [6.07, 6.45) is 0.979. The van der Waals surface area contributed by atoms with Crippen molar-refractivity contribution in [1.82, 2.24) is 0 Å². The largest absolute Gasteiger partial charge is 0.133 e. The van der Waals surface area contributed by atoms with Gasteiger partial charge in [0.05, 0.1) is 9.23 Å². The minimum atomic E-state index is 0.886. The highest BCUT2D eigenvalue weighted by atomic mass is 35.5. The predicted molar refractivity (Wildman–Crippen MR) is 63.5 cm³/mol. The van der Waals surface area contributed by atoms with Gasteiger partial charge in [0.1, 0.15) is 0 Å². The molecule has 0 atom stereocenters. The van der Waals surface area contributed by atoms with Gasteiger partial charge in [0, 0.05) is 10.1 Å². The second-order valence-electron chi connectivity index (χ2n) is 2.89. The molecule has 0 aliphatic heterocycles. The highest BCUT2D eigenvalue weighted by Crippen LogP contribution is 2.35. The highest BCUT2D eigenvalue weighted by Gasteiger charge is 2.06. The number of thiophene rings is 1. The van der Waals surface area contributed by atoms with Crippen LogP contribution in [0.5, 0.6) is 0 Å². The smallest absolute Gasteiger partial charge is 0.0581 e. The number of aryl methyl sites for hydroxylation is 1. The van der Waals surface area contributed by atoms with Crippen molar-refractivity contribution in [3.05, 3.63) is 28.8 Å². The zero-order valence-corrected chi connectivity index (χ0v) is 9.64. The fraction of sp³-hybridized carbons (Fsp3) is 0.200. The molecule has 0 fully saturated rings. The van der Waals surface area contributed by atoms with E-state index in [0.29, 0.717) is 0 Å². The summed E-state index contributed by atoms with van der Waals surface area (Å²) in [5.74, 6) is 0. The Hall–Kier alpha value is -0.180. The normalized spacial score (nSPS) is 11.0. The van der Waals surface area contributed by atoms with E-state index >= 15 is 0 Å². The summed E-state index contributed by atoms with van der Waals surface area (Å²) in [7, 11) is 0. The molecule has 68 valence electrons. The molecule has 1 heterocycles. The van der Waals surface area contributed by atoms with Crippen LogP contribution in [0.1, 0.15) is 12.5 Å². The lowest BCUT2D eigenvalue weighted by molar-refractivity contribution is 1.15. The van der Waals surface area contributed by atoms with Gasteiger partial charge in [0.15, 0.2) is 0 Å². The van der Waals surface area contributed by atoms with E-state index < -0.39 is 0 Å². The van der Waals surface area contributed by atoms with Crippen molar-refractivity contribution in [3.8, 4) is 0 Å². The van der Waals surface area contributed by atoms with E-state index in [9.17, 15) is 0 Å². The van der Waals surface area contributed by atoms with Crippen molar-refractivity contribution in [3.63, 3.8) is 0 Å². The Balaban J connectivity index is 2.78. The van der Waals surface area contributed by atoms with E-state index in [1.54, 1.807) is 11.3 Å². The fourth-order valence-electron chi connectivity index (χ4n) is 1.38. The summed E-state index contributed by atoms with van der Waals surface area (Å²) in [6, 6.07) is 6.24. The quantitative estimate of drug-likeness (QED) is 0.687. The van der Waals surface area contributed by atoms with Gasteiger partial charge < -0.3 is 0 Å². The van der Waals surface area contributed by atoms with Crippen molar-refractivity contribution in [2.75, 3.05) is 0 Å². The lowest BCUT2D eigenvalue weighted by atomic mass is 10.1. The summed E-state index contributed by atoms with van der Waals surface area (Å²) in [4.78, 5) is 0. The zero-order valence-electron chi connectivity index (χ0n) is 7.17. The highest BCUT2D eigenvalue weighted by molar-refractivity contribution is 7.83. The molecule has 0 radical (unpaired) electrons. The molecule has 1 aromatic heterocycles. The maximum atomic E-state index is 6.23. The average Bonchev–Trinajstić information content (AvgIpc) is 2.47. The number of halogens is 1. The summed E-state index contributed by atoms with van der Waals surface area (Å²) in [6.45, 7) is 2.11. The number of thiol groups is 1. The van der Waals surface area contributed by atoms with Crippen LogP contribution in [-0.4, -0.2) is 0 Å². The fourth-order valence-corrected chi connectivity index (χ4v) is 3.02. The lowest BCUT2D eigenvalue weighted by Crippen LogP contribution is -1.80. The van der Waals surface area contributed by atoms with Gasteiger partial charge in [-0.05, 0) is 24.1 Å². The van der Waals surface area contributed by atoms with E-state index in [1.165, 1.54) is 10.3 Å². The molecule has 13 heavy (non-hydrogen) atoms. The molecule has 0 N–H and O–H groups in total. The number of fused-ring (bicyclic) bond motifs is 1. The van der Waals surface area contributed by atoms with Crippen molar-refractivity contribution >= 4 is 45.7 Å². The molecule has 0 aliphatic rings. The molecule has 0 unspecified atom stereocenters. The van der Waals surface area contributed by atoms with E-state index in [2.05, 4.69) is 31.7 Å². The Kier molecular flexibility index (Phi) is 2.54. The monoisotopic (exact) mass is 228 g/mol. The first-order chi connectivity index (χ1) is 6.22. The topological polar surface area (TPSA) is 0 Å². The molecule has 2 rings (SSSR count). The molecular weight excluding hydrogens is 220 g/mol. The van der Waals surface area contributed by atoms with Crippen LogP contribution in [-0.2, 0) is 6.42 Å². The minimum Gasteiger partial charge on any atom is -0.133 e. The number of benzene rings is 1. The maximum absolute atomic E-state index is 6.23. The first kappa shape index (κ1) is 9.38. The van der Waals surface area contributed by atoms with E-state index in [4.69, 9.17) is 11.6 Å². The number of hydrogen-bond donors (Lipinski definition) is 1. The summed E-state index contributed by atoms with van der Waals surface area (Å²) in [5.41, 5.74) is 1.21.